The summed E-state index contributed by atoms with van der Waals surface area (Å²) in [6.45, 7) is 4.24. The smallest absolute Gasteiger partial charge is 0.0957 e. The summed E-state index contributed by atoms with van der Waals surface area (Å²) in [7, 11) is 0. The van der Waals surface area contributed by atoms with Crippen molar-refractivity contribution < 1.29 is 4.20 Å². The van der Waals surface area contributed by atoms with Crippen LogP contribution < -0.4 is 0 Å². The second kappa shape index (κ2) is 5.45. The molecule has 0 aliphatic rings. The number of aryl methyl sites for hydroxylation is 2. The van der Waals surface area contributed by atoms with Crippen LogP contribution in [0.3, 0.4) is 0 Å². The summed E-state index contributed by atoms with van der Waals surface area (Å²) in [5.74, 6) is 0. The van der Waals surface area contributed by atoms with E-state index in [1.54, 1.807) is 0 Å². The van der Waals surface area contributed by atoms with E-state index in [2.05, 4.69) is 38.1 Å². The molecule has 1 N–H and O–H groups in total. The van der Waals surface area contributed by atoms with Gasteiger partial charge in [0.15, 0.2) is 0 Å². The van der Waals surface area contributed by atoms with Crippen LogP contribution in [0.15, 0.2) is 24.3 Å². The van der Waals surface area contributed by atoms with Gasteiger partial charge in [0.2, 0.25) is 0 Å². The molecule has 0 amide bonds. The first-order valence-corrected chi connectivity index (χ1v) is 3.71. The van der Waals surface area contributed by atoms with Gasteiger partial charge in [0, 0.05) is 0 Å². The van der Waals surface area contributed by atoms with Gasteiger partial charge in [-0.2, -0.15) is 0 Å². The van der Waals surface area contributed by atoms with Gasteiger partial charge < -0.3 is 4.20 Å². The lowest BCUT2D eigenvalue weighted by Gasteiger charge is -1.93. The molecular weight excluding hydrogens is 192 g/mol. The molecule has 10 heavy (non-hydrogen) atoms. The Bertz CT molecular complexity index is 165. The van der Waals surface area contributed by atoms with Crippen molar-refractivity contribution >= 4 is 16.3 Å². The average Bonchev–Trinajstić information content (AvgIpc) is 2.00. The molecule has 1 aromatic rings. The molecular formula is C8H11BrO. The zero-order valence-corrected chi connectivity index (χ0v) is 7.72. The van der Waals surface area contributed by atoms with Gasteiger partial charge in [0.1, 0.15) is 0 Å². The fourth-order valence-electron chi connectivity index (χ4n) is 0.663. The zero-order valence-electron chi connectivity index (χ0n) is 6.13. The molecule has 0 heterocycles. The predicted molar refractivity (Wildman–Crippen MR) is 47.1 cm³/mol. The van der Waals surface area contributed by atoms with E-state index in [4.69, 9.17) is 4.20 Å². The lowest BCUT2D eigenvalue weighted by atomic mass is 10.1. The molecule has 0 spiro atoms. The Hall–Kier alpha value is -0.340. The van der Waals surface area contributed by atoms with Crippen molar-refractivity contribution in [2.45, 2.75) is 13.8 Å². The van der Waals surface area contributed by atoms with Crippen molar-refractivity contribution in [2.75, 3.05) is 0 Å². The van der Waals surface area contributed by atoms with Gasteiger partial charge in [-0.3, -0.25) is 0 Å². The topological polar surface area (TPSA) is 20.2 Å². The monoisotopic (exact) mass is 202 g/mol. The Morgan fingerprint density at radius 1 is 1.00 bits per heavy atom. The Labute approximate surface area is 70.2 Å². The molecule has 1 rings (SSSR count). The number of hydrogen-bond donors (Lipinski definition) is 1. The van der Waals surface area contributed by atoms with Gasteiger partial charge in [0.25, 0.3) is 0 Å². The Morgan fingerprint density at radius 2 is 1.30 bits per heavy atom. The van der Waals surface area contributed by atoms with Crippen LogP contribution in [-0.2, 0) is 0 Å². The molecule has 0 aromatic heterocycles. The summed E-state index contributed by atoms with van der Waals surface area (Å²) in [6, 6.07) is 8.36. The number of hydrogen-bond acceptors (Lipinski definition) is 1. The molecule has 0 bridgehead atoms. The molecule has 2 heteroatoms. The minimum absolute atomic E-state index is 1.37. The van der Waals surface area contributed by atoms with E-state index in [0.29, 0.717) is 0 Å². The highest BCUT2D eigenvalue weighted by Crippen LogP contribution is 2.02. The van der Waals surface area contributed by atoms with Gasteiger partial charge >= 0.3 is 0 Å². The molecule has 0 aliphatic heterocycles. The largest absolute Gasteiger partial charge is 0.324 e. The second-order valence-corrected chi connectivity index (χ2v) is 2.08. The second-order valence-electron chi connectivity index (χ2n) is 2.08. The van der Waals surface area contributed by atoms with Crippen molar-refractivity contribution in [2.24, 2.45) is 0 Å². The molecule has 0 fully saturated rings. The first kappa shape index (κ1) is 9.66. The molecule has 1 aromatic carbocycles. The maximum absolute atomic E-state index is 6.81. The number of halogens is 1. The fourth-order valence-corrected chi connectivity index (χ4v) is 0.663. The molecule has 56 valence electrons. The van der Waals surface area contributed by atoms with E-state index in [1.807, 2.05) is 16.3 Å². The lowest BCUT2D eigenvalue weighted by molar-refractivity contribution is 0.702. The van der Waals surface area contributed by atoms with Crippen LogP contribution in [0.25, 0.3) is 0 Å². The summed E-state index contributed by atoms with van der Waals surface area (Å²) in [5, 5.41) is 0. The molecule has 1 nitrogen and oxygen atoms in total. The number of rotatable bonds is 0. The van der Waals surface area contributed by atoms with Crippen LogP contribution in [-0.4, -0.2) is 4.20 Å². The van der Waals surface area contributed by atoms with E-state index >= 15 is 0 Å². The first-order chi connectivity index (χ1) is 4.80. The van der Waals surface area contributed by atoms with Crippen molar-refractivity contribution in [3.05, 3.63) is 35.4 Å². The van der Waals surface area contributed by atoms with Crippen molar-refractivity contribution in [1.82, 2.24) is 0 Å². The Balaban J connectivity index is 0.000000371. The normalized spacial score (nSPS) is 8.00. The molecule has 0 atom stereocenters. The third-order valence-corrected chi connectivity index (χ3v) is 1.43. The van der Waals surface area contributed by atoms with Crippen molar-refractivity contribution in [3.8, 4) is 0 Å². The van der Waals surface area contributed by atoms with E-state index in [1.165, 1.54) is 11.1 Å². The predicted octanol–water partition coefficient (Wildman–Crippen LogP) is 2.59. The standard InChI is InChI=1S/C8H10.BrHO/c1-7-5-3-4-6-8(7)2;1-2/h3-6H,1-2H3;2H. The summed E-state index contributed by atoms with van der Waals surface area (Å²) < 4.78 is 6.81. The van der Waals surface area contributed by atoms with E-state index in [0.717, 1.165) is 0 Å². The highest BCUT2D eigenvalue weighted by molar-refractivity contribution is 9.05. The molecule has 0 radical (unpaired) electrons. The summed E-state index contributed by atoms with van der Waals surface area (Å²) in [6.07, 6.45) is 0. The summed E-state index contributed by atoms with van der Waals surface area (Å²) in [5.41, 5.74) is 2.74. The van der Waals surface area contributed by atoms with E-state index in [-0.39, 0.29) is 0 Å². The average molecular weight is 203 g/mol. The van der Waals surface area contributed by atoms with E-state index in [9.17, 15) is 0 Å². The minimum atomic E-state index is 1.37. The molecule has 0 unspecified atom stereocenters. The van der Waals surface area contributed by atoms with Crippen LogP contribution in [0.1, 0.15) is 11.1 Å². The first-order valence-electron chi connectivity index (χ1n) is 3.00. The quantitative estimate of drug-likeness (QED) is 0.687. The maximum atomic E-state index is 6.81. The van der Waals surface area contributed by atoms with E-state index < -0.39 is 0 Å². The van der Waals surface area contributed by atoms with Crippen molar-refractivity contribution in [1.29, 1.82) is 0 Å². The van der Waals surface area contributed by atoms with Gasteiger partial charge in [-0.1, -0.05) is 24.3 Å². The van der Waals surface area contributed by atoms with Crippen LogP contribution in [0.4, 0.5) is 0 Å². The van der Waals surface area contributed by atoms with Crippen LogP contribution >= 0.6 is 16.3 Å². The number of benzene rings is 1. The molecule has 0 saturated heterocycles. The Morgan fingerprint density at radius 3 is 1.50 bits per heavy atom. The van der Waals surface area contributed by atoms with Crippen LogP contribution in [0.2, 0.25) is 0 Å². The third-order valence-electron chi connectivity index (χ3n) is 1.43. The minimum Gasteiger partial charge on any atom is -0.324 e. The van der Waals surface area contributed by atoms with Gasteiger partial charge in [-0.25, -0.2) is 0 Å². The van der Waals surface area contributed by atoms with Crippen LogP contribution in [0, 0.1) is 13.8 Å². The lowest BCUT2D eigenvalue weighted by Crippen LogP contribution is -1.74. The molecule has 0 aliphatic carbocycles. The summed E-state index contributed by atoms with van der Waals surface area (Å²) in [4.78, 5) is 0. The van der Waals surface area contributed by atoms with Crippen LogP contribution in [0.5, 0.6) is 0 Å². The molecule has 0 saturated carbocycles. The SMILES string of the molecule is Cc1ccccc1C.OBr. The summed E-state index contributed by atoms with van der Waals surface area (Å²) >= 11 is 1.94. The van der Waals surface area contributed by atoms with Gasteiger partial charge in [-0.15, -0.1) is 0 Å². The fraction of sp³-hybridized carbons (Fsp3) is 0.250. The Kier molecular flexibility index (Phi) is 5.26. The maximum Gasteiger partial charge on any atom is 0.0957 e. The third kappa shape index (κ3) is 2.99. The van der Waals surface area contributed by atoms with Crippen molar-refractivity contribution in [3.63, 3.8) is 0 Å². The highest BCUT2D eigenvalue weighted by atomic mass is 79.9. The van der Waals surface area contributed by atoms with Gasteiger partial charge in [-0.05, 0) is 25.0 Å². The zero-order chi connectivity index (χ0) is 7.98. The highest BCUT2D eigenvalue weighted by Gasteiger charge is 1.83. The van der Waals surface area contributed by atoms with Gasteiger partial charge in [0.05, 0.1) is 16.3 Å².